The number of carbonyl (C=O) groups is 1. The lowest BCUT2D eigenvalue weighted by Gasteiger charge is -2.27. The maximum absolute atomic E-state index is 10.7. The molecule has 1 fully saturated rings. The lowest BCUT2D eigenvalue weighted by molar-refractivity contribution is -0.107. The van der Waals surface area contributed by atoms with Gasteiger partial charge in [-0.25, -0.2) is 4.98 Å². The summed E-state index contributed by atoms with van der Waals surface area (Å²) in [5.74, 6) is 0.837. The number of fused-ring (bicyclic) bond motifs is 1. The highest BCUT2D eigenvalue weighted by Crippen LogP contribution is 2.32. The third-order valence-corrected chi connectivity index (χ3v) is 7.15. The van der Waals surface area contributed by atoms with Crippen molar-refractivity contribution in [2.75, 3.05) is 37.7 Å². The molecule has 2 aromatic carbocycles. The molecular weight excluding hydrogens is 406 g/mol. The number of carbonyl (C=O) groups excluding carboxylic acids is 1. The second-order valence-electron chi connectivity index (χ2n) is 8.04. The average Bonchev–Trinajstić information content (AvgIpc) is 3.44. The lowest BCUT2D eigenvalue weighted by atomic mass is 10.1. The molecule has 1 aromatic heterocycles. The van der Waals surface area contributed by atoms with Gasteiger partial charge in [0, 0.05) is 32.1 Å². The number of likely N-dealkylation sites (N-methyl/N-ethyl adjacent to an activating group) is 1. The highest BCUT2D eigenvalue weighted by Gasteiger charge is 2.28. The predicted molar refractivity (Wildman–Crippen MR) is 129 cm³/mol. The van der Waals surface area contributed by atoms with Gasteiger partial charge in [0.15, 0.2) is 5.13 Å². The van der Waals surface area contributed by atoms with E-state index in [0.717, 1.165) is 67.3 Å². The third-order valence-electron chi connectivity index (χ3n) is 6.07. The highest BCUT2D eigenvalue weighted by atomic mass is 32.1. The summed E-state index contributed by atoms with van der Waals surface area (Å²) in [6.07, 6.45) is 3.57. The molecule has 5 nitrogen and oxygen atoms in total. The van der Waals surface area contributed by atoms with E-state index in [4.69, 9.17) is 9.72 Å². The molecule has 1 saturated heterocycles. The topological polar surface area (TPSA) is 45.7 Å². The zero-order valence-corrected chi connectivity index (χ0v) is 19.2. The molecule has 164 valence electrons. The van der Waals surface area contributed by atoms with Gasteiger partial charge in [-0.2, -0.15) is 0 Å². The van der Waals surface area contributed by atoms with Gasteiger partial charge >= 0.3 is 0 Å². The number of ether oxygens (including phenoxy) is 1. The number of aldehydes is 1. The summed E-state index contributed by atoms with van der Waals surface area (Å²) in [5, 5.41) is 1.14. The molecule has 1 aliphatic heterocycles. The van der Waals surface area contributed by atoms with Crippen LogP contribution in [0.1, 0.15) is 31.4 Å². The van der Waals surface area contributed by atoms with Gasteiger partial charge in [-0.1, -0.05) is 43.4 Å². The minimum atomic E-state index is 0.432. The highest BCUT2D eigenvalue weighted by molar-refractivity contribution is 7.22. The minimum absolute atomic E-state index is 0.432. The largest absolute Gasteiger partial charge is 0.492 e. The number of thiazole rings is 1. The second-order valence-corrected chi connectivity index (χ2v) is 9.04. The molecular formula is C25H31N3O2S. The van der Waals surface area contributed by atoms with Crippen LogP contribution in [0.3, 0.4) is 0 Å². The maximum atomic E-state index is 10.7. The quantitative estimate of drug-likeness (QED) is 0.435. The molecule has 1 unspecified atom stereocenters. The van der Waals surface area contributed by atoms with Gasteiger partial charge in [0.1, 0.15) is 18.6 Å². The van der Waals surface area contributed by atoms with Crippen molar-refractivity contribution in [1.29, 1.82) is 0 Å². The molecule has 3 aromatic rings. The van der Waals surface area contributed by atoms with Crippen LogP contribution < -0.4 is 9.64 Å². The average molecular weight is 438 g/mol. The summed E-state index contributed by atoms with van der Waals surface area (Å²) in [6.45, 7) is 9.03. The minimum Gasteiger partial charge on any atom is -0.492 e. The van der Waals surface area contributed by atoms with Gasteiger partial charge in [0.05, 0.1) is 10.2 Å². The van der Waals surface area contributed by atoms with Crippen molar-refractivity contribution in [2.24, 2.45) is 0 Å². The van der Waals surface area contributed by atoms with Crippen molar-refractivity contribution >= 4 is 33.0 Å². The number of rotatable bonds is 10. The van der Waals surface area contributed by atoms with Gasteiger partial charge in [-0.3, -0.25) is 4.90 Å². The van der Waals surface area contributed by atoms with Crippen LogP contribution in [0.2, 0.25) is 0 Å². The Morgan fingerprint density at radius 1 is 1.23 bits per heavy atom. The van der Waals surface area contributed by atoms with E-state index in [1.54, 1.807) is 0 Å². The van der Waals surface area contributed by atoms with E-state index in [1.165, 1.54) is 10.3 Å². The van der Waals surface area contributed by atoms with Crippen LogP contribution in [0.25, 0.3) is 10.2 Å². The molecule has 1 aliphatic rings. The molecule has 31 heavy (non-hydrogen) atoms. The normalized spacial score (nSPS) is 16.4. The fourth-order valence-corrected chi connectivity index (χ4v) is 5.33. The van der Waals surface area contributed by atoms with Crippen molar-refractivity contribution in [1.82, 2.24) is 9.88 Å². The molecule has 2 heterocycles. The van der Waals surface area contributed by atoms with E-state index in [9.17, 15) is 4.79 Å². The van der Waals surface area contributed by atoms with Crippen LogP contribution in [0.15, 0.2) is 42.5 Å². The Bertz CT molecular complexity index is 1020. The number of aryl methyl sites for hydroxylation is 1. The van der Waals surface area contributed by atoms with E-state index in [1.807, 2.05) is 35.6 Å². The zero-order valence-electron chi connectivity index (χ0n) is 18.4. The number of anilines is 1. The first-order valence-corrected chi connectivity index (χ1v) is 12.1. The van der Waals surface area contributed by atoms with Crippen LogP contribution >= 0.6 is 11.3 Å². The summed E-state index contributed by atoms with van der Waals surface area (Å²) in [5.41, 5.74) is 3.47. The summed E-state index contributed by atoms with van der Waals surface area (Å²) in [4.78, 5) is 20.6. The lowest BCUT2D eigenvalue weighted by Crippen LogP contribution is -2.40. The van der Waals surface area contributed by atoms with Crippen molar-refractivity contribution in [3.8, 4) is 5.75 Å². The van der Waals surface area contributed by atoms with Crippen molar-refractivity contribution in [3.63, 3.8) is 0 Å². The predicted octanol–water partition coefficient (Wildman–Crippen LogP) is 4.58. The van der Waals surface area contributed by atoms with Gasteiger partial charge < -0.3 is 14.4 Å². The van der Waals surface area contributed by atoms with Crippen molar-refractivity contribution in [3.05, 3.63) is 53.6 Å². The van der Waals surface area contributed by atoms with Gasteiger partial charge in [0.25, 0.3) is 0 Å². The summed E-state index contributed by atoms with van der Waals surface area (Å²) in [6, 6.07) is 15.0. The van der Waals surface area contributed by atoms with Gasteiger partial charge in [0.2, 0.25) is 0 Å². The van der Waals surface area contributed by atoms with Crippen LogP contribution in [0.4, 0.5) is 5.13 Å². The van der Waals surface area contributed by atoms with E-state index in [2.05, 4.69) is 41.8 Å². The molecule has 0 spiro atoms. The maximum Gasteiger partial charge on any atom is 0.186 e. The van der Waals surface area contributed by atoms with E-state index in [0.29, 0.717) is 19.1 Å². The number of hydrogen-bond donors (Lipinski definition) is 0. The van der Waals surface area contributed by atoms with Crippen molar-refractivity contribution < 1.29 is 9.53 Å². The molecule has 0 aliphatic carbocycles. The van der Waals surface area contributed by atoms with Crippen LogP contribution in [-0.2, 0) is 17.6 Å². The Kier molecular flexibility index (Phi) is 7.20. The zero-order chi connectivity index (χ0) is 21.6. The van der Waals surface area contributed by atoms with Gasteiger partial charge in [-0.15, -0.1) is 0 Å². The van der Waals surface area contributed by atoms with Crippen LogP contribution in [0.5, 0.6) is 5.75 Å². The molecule has 0 amide bonds. The first-order valence-electron chi connectivity index (χ1n) is 11.2. The second kappa shape index (κ2) is 10.2. The number of nitrogens with zero attached hydrogens (tertiary/aromatic N) is 3. The molecule has 0 saturated carbocycles. The monoisotopic (exact) mass is 437 g/mol. The smallest absolute Gasteiger partial charge is 0.186 e. The molecule has 1 atom stereocenters. The molecule has 0 N–H and O–H groups in total. The Morgan fingerprint density at radius 2 is 2.13 bits per heavy atom. The van der Waals surface area contributed by atoms with E-state index < -0.39 is 0 Å². The van der Waals surface area contributed by atoms with Crippen molar-refractivity contribution in [2.45, 2.75) is 39.2 Å². The number of benzene rings is 2. The first kappa shape index (κ1) is 21.8. The third kappa shape index (κ3) is 5.25. The molecule has 0 radical (unpaired) electrons. The summed E-state index contributed by atoms with van der Waals surface area (Å²) in [7, 11) is 0. The van der Waals surface area contributed by atoms with E-state index in [-0.39, 0.29) is 0 Å². The summed E-state index contributed by atoms with van der Waals surface area (Å²) < 4.78 is 7.26. The van der Waals surface area contributed by atoms with Crippen LogP contribution in [0, 0.1) is 0 Å². The summed E-state index contributed by atoms with van der Waals surface area (Å²) >= 11 is 1.81. The first-order chi connectivity index (χ1) is 15.2. The fraction of sp³-hybridized carbons (Fsp3) is 0.440. The number of hydrogen-bond acceptors (Lipinski definition) is 6. The number of aromatic nitrogens is 1. The molecule has 6 heteroatoms. The van der Waals surface area contributed by atoms with E-state index >= 15 is 0 Å². The standard InChI is InChI=1S/C25H31N3O2S/c1-3-19-8-9-23-24(17-19)31-25(26-23)28-12-10-21(18-28)27(4-2)13-15-30-22-7-5-6-20(16-22)11-14-29/h5-9,14,16-17,21H,3-4,10-13,15,18H2,1-2H3. The fourth-order valence-electron chi connectivity index (χ4n) is 4.26. The SMILES string of the molecule is CCc1ccc2nc(N3CCC(N(CC)CCOc4cccc(CC=O)c4)C3)sc2c1. The Balaban J connectivity index is 1.33. The molecule has 0 bridgehead atoms. The Hall–Kier alpha value is -2.44. The van der Waals surface area contributed by atoms with Crippen LogP contribution in [-0.4, -0.2) is 55.0 Å². The van der Waals surface area contributed by atoms with Gasteiger partial charge in [-0.05, 0) is 54.8 Å². The molecule has 4 rings (SSSR count). The Labute approximate surface area is 188 Å². The Morgan fingerprint density at radius 3 is 2.94 bits per heavy atom.